The number of hydrogen-bond donors (Lipinski definition) is 1. The van der Waals surface area contributed by atoms with Crippen molar-refractivity contribution in [3.63, 3.8) is 0 Å². The molecule has 0 saturated heterocycles. The summed E-state index contributed by atoms with van der Waals surface area (Å²) in [6.07, 6.45) is 2.54. The first-order valence-corrected chi connectivity index (χ1v) is 6.44. The number of hydrogen-bond acceptors (Lipinski definition) is 1. The van der Waals surface area contributed by atoms with Crippen LogP contribution in [0, 0.1) is 13.8 Å². The Kier molecular flexibility index (Phi) is 9.46. The van der Waals surface area contributed by atoms with Gasteiger partial charge in [0.2, 0.25) is 0 Å². The minimum Gasteiger partial charge on any atom is -0.313 e. The van der Waals surface area contributed by atoms with E-state index in [2.05, 4.69) is 56.9 Å². The van der Waals surface area contributed by atoms with Gasteiger partial charge in [0.05, 0.1) is 0 Å². The van der Waals surface area contributed by atoms with Gasteiger partial charge in [-0.1, -0.05) is 60.9 Å². The van der Waals surface area contributed by atoms with Crippen LogP contribution >= 0.6 is 0 Å². The highest BCUT2D eigenvalue weighted by Gasteiger charge is 1.84. The molecule has 0 amide bonds. The Hall–Kier alpha value is -1.08. The van der Waals surface area contributed by atoms with Crippen LogP contribution in [-0.2, 0) is 0 Å². The van der Waals surface area contributed by atoms with Crippen molar-refractivity contribution in [2.45, 2.75) is 40.5 Å². The smallest absolute Gasteiger partial charge is 0.0159 e. The van der Waals surface area contributed by atoms with Gasteiger partial charge in [-0.25, -0.2) is 0 Å². The Morgan fingerprint density at radius 3 is 1.94 bits per heavy atom. The van der Waals surface area contributed by atoms with Crippen molar-refractivity contribution in [1.82, 2.24) is 5.32 Å². The third kappa shape index (κ3) is 11.2. The molecule has 0 aliphatic carbocycles. The Labute approximate surface area is 107 Å². The lowest BCUT2D eigenvalue weighted by Gasteiger charge is -2.00. The van der Waals surface area contributed by atoms with Crippen molar-refractivity contribution < 1.29 is 0 Å². The number of aryl methyl sites for hydroxylation is 2. The minimum atomic E-state index is 0.972. The van der Waals surface area contributed by atoms with Crippen LogP contribution in [0.1, 0.15) is 37.8 Å². The van der Waals surface area contributed by atoms with Crippen molar-refractivity contribution in [2.75, 3.05) is 13.1 Å². The molecule has 1 aromatic carbocycles. The molecule has 0 bridgehead atoms. The molecule has 1 nitrogen and oxygen atoms in total. The van der Waals surface area contributed by atoms with Crippen LogP contribution in [0.4, 0.5) is 0 Å². The van der Waals surface area contributed by atoms with E-state index in [0.29, 0.717) is 0 Å². The molecule has 0 aliphatic rings. The first-order chi connectivity index (χ1) is 8.06. The molecule has 0 saturated carbocycles. The monoisotopic (exact) mass is 233 g/mol. The van der Waals surface area contributed by atoms with Gasteiger partial charge in [-0.05, 0) is 33.7 Å². The molecule has 1 N–H and O–H groups in total. The first kappa shape index (κ1) is 15.9. The minimum absolute atomic E-state index is 0.972. The van der Waals surface area contributed by atoms with Gasteiger partial charge in [-0.2, -0.15) is 0 Å². The van der Waals surface area contributed by atoms with E-state index in [-0.39, 0.29) is 0 Å². The van der Waals surface area contributed by atoms with E-state index in [9.17, 15) is 0 Å². The largest absolute Gasteiger partial charge is 0.313 e. The lowest BCUT2D eigenvalue weighted by Crippen LogP contribution is -2.16. The molecule has 0 unspecified atom stereocenters. The van der Waals surface area contributed by atoms with Crippen LogP contribution in [0.2, 0.25) is 0 Å². The number of unbranched alkanes of at least 4 members (excludes halogenated alkanes) is 1. The average Bonchev–Trinajstić information content (AvgIpc) is 2.29. The van der Waals surface area contributed by atoms with Crippen molar-refractivity contribution in [1.29, 1.82) is 0 Å². The highest BCUT2D eigenvalue weighted by molar-refractivity contribution is 5.19. The molecule has 0 fully saturated rings. The molecule has 0 aliphatic heterocycles. The maximum absolute atomic E-state index is 3.79. The van der Waals surface area contributed by atoms with E-state index < -0.39 is 0 Å². The molecule has 1 heteroatoms. The van der Waals surface area contributed by atoms with Gasteiger partial charge in [0, 0.05) is 6.54 Å². The molecular formula is C16H27N. The number of rotatable bonds is 5. The van der Waals surface area contributed by atoms with E-state index in [1.807, 2.05) is 6.92 Å². The summed E-state index contributed by atoms with van der Waals surface area (Å²) in [5.74, 6) is 0. The summed E-state index contributed by atoms with van der Waals surface area (Å²) in [5, 5.41) is 3.29. The standard InChI is InChI=1S/C8H17N.C8H10/c1-4-5-6-9-7-8(2)3;1-7-3-5-8(2)6-4-7/h9H,2,4-7H2,1,3H3;3-6H,1-2H3. The zero-order valence-electron chi connectivity index (χ0n) is 11.8. The summed E-state index contributed by atoms with van der Waals surface area (Å²) >= 11 is 0. The van der Waals surface area contributed by atoms with Crippen LogP contribution in [0.5, 0.6) is 0 Å². The topological polar surface area (TPSA) is 12.0 Å². The van der Waals surface area contributed by atoms with Crippen molar-refractivity contribution in [3.8, 4) is 0 Å². The van der Waals surface area contributed by atoms with Gasteiger partial charge in [-0.3, -0.25) is 0 Å². The molecule has 0 radical (unpaired) electrons. The lowest BCUT2D eigenvalue weighted by molar-refractivity contribution is 0.672. The van der Waals surface area contributed by atoms with E-state index >= 15 is 0 Å². The third-order valence-electron chi connectivity index (χ3n) is 2.35. The molecule has 1 rings (SSSR count). The summed E-state index contributed by atoms with van der Waals surface area (Å²) in [4.78, 5) is 0. The Balaban J connectivity index is 0.000000302. The van der Waals surface area contributed by atoms with E-state index in [1.54, 1.807) is 0 Å². The van der Waals surface area contributed by atoms with E-state index in [4.69, 9.17) is 0 Å². The second-order valence-corrected chi connectivity index (χ2v) is 4.64. The summed E-state index contributed by atoms with van der Waals surface area (Å²) in [5.41, 5.74) is 3.87. The van der Waals surface area contributed by atoms with Gasteiger partial charge < -0.3 is 5.32 Å². The molecular weight excluding hydrogens is 206 g/mol. The molecule has 96 valence electrons. The average molecular weight is 233 g/mol. The number of benzene rings is 1. The molecule has 1 aromatic rings. The zero-order chi connectivity index (χ0) is 13.1. The normalized spacial score (nSPS) is 9.41. The van der Waals surface area contributed by atoms with Gasteiger partial charge in [-0.15, -0.1) is 0 Å². The van der Waals surface area contributed by atoms with E-state index in [0.717, 1.165) is 13.1 Å². The quantitative estimate of drug-likeness (QED) is 0.592. The molecule has 0 heterocycles. The summed E-state index contributed by atoms with van der Waals surface area (Å²) < 4.78 is 0. The van der Waals surface area contributed by atoms with E-state index in [1.165, 1.54) is 29.5 Å². The Morgan fingerprint density at radius 1 is 1.12 bits per heavy atom. The molecule has 0 aromatic heterocycles. The van der Waals surface area contributed by atoms with Crippen molar-refractivity contribution >= 4 is 0 Å². The highest BCUT2D eigenvalue weighted by Crippen LogP contribution is 1.99. The third-order valence-corrected chi connectivity index (χ3v) is 2.35. The summed E-state index contributed by atoms with van der Waals surface area (Å²) in [6.45, 7) is 14.3. The molecule has 0 atom stereocenters. The molecule has 0 spiro atoms. The summed E-state index contributed by atoms with van der Waals surface area (Å²) in [6, 6.07) is 8.48. The Bertz CT molecular complexity index is 277. The van der Waals surface area contributed by atoms with Crippen molar-refractivity contribution in [3.05, 3.63) is 47.5 Å². The highest BCUT2D eigenvalue weighted by atomic mass is 14.8. The lowest BCUT2D eigenvalue weighted by atomic mass is 10.2. The summed E-state index contributed by atoms with van der Waals surface area (Å²) in [7, 11) is 0. The first-order valence-electron chi connectivity index (χ1n) is 6.44. The predicted octanol–water partition coefficient (Wildman–Crippen LogP) is 4.26. The fraction of sp³-hybridized carbons (Fsp3) is 0.500. The van der Waals surface area contributed by atoms with Crippen LogP contribution in [-0.4, -0.2) is 13.1 Å². The molecule has 17 heavy (non-hydrogen) atoms. The van der Waals surface area contributed by atoms with Crippen LogP contribution < -0.4 is 5.32 Å². The van der Waals surface area contributed by atoms with Crippen LogP contribution in [0.25, 0.3) is 0 Å². The predicted molar refractivity (Wildman–Crippen MR) is 78.5 cm³/mol. The van der Waals surface area contributed by atoms with Gasteiger partial charge in [0.15, 0.2) is 0 Å². The van der Waals surface area contributed by atoms with Crippen LogP contribution in [0.3, 0.4) is 0 Å². The van der Waals surface area contributed by atoms with Gasteiger partial charge in [0.1, 0.15) is 0 Å². The SMILES string of the molecule is C=C(C)CNCCCC.Cc1ccc(C)cc1. The van der Waals surface area contributed by atoms with Gasteiger partial charge in [0.25, 0.3) is 0 Å². The Morgan fingerprint density at radius 2 is 1.59 bits per heavy atom. The van der Waals surface area contributed by atoms with Crippen LogP contribution in [0.15, 0.2) is 36.4 Å². The second-order valence-electron chi connectivity index (χ2n) is 4.64. The second kappa shape index (κ2) is 10.1. The number of nitrogens with one attached hydrogen (secondary N) is 1. The zero-order valence-corrected chi connectivity index (χ0v) is 11.8. The van der Waals surface area contributed by atoms with Gasteiger partial charge >= 0.3 is 0 Å². The van der Waals surface area contributed by atoms with Crippen molar-refractivity contribution in [2.24, 2.45) is 0 Å². The maximum atomic E-state index is 3.79. The fourth-order valence-electron chi connectivity index (χ4n) is 1.24. The maximum Gasteiger partial charge on any atom is 0.0159 e. The fourth-order valence-corrected chi connectivity index (χ4v) is 1.24.